The molecule has 1 N–H and O–H groups in total. The fourth-order valence-electron chi connectivity index (χ4n) is 1.23. The highest BCUT2D eigenvalue weighted by Crippen LogP contribution is 2.24. The molecule has 0 atom stereocenters. The summed E-state index contributed by atoms with van der Waals surface area (Å²) in [6.07, 6.45) is 1.13. The van der Waals surface area contributed by atoms with Crippen molar-refractivity contribution in [3.63, 3.8) is 0 Å². The smallest absolute Gasteiger partial charge is 0.288 e. The average molecular weight is 190 g/mol. The lowest BCUT2D eigenvalue weighted by Gasteiger charge is -1.98. The van der Waals surface area contributed by atoms with Crippen LogP contribution in [0.1, 0.15) is 0 Å². The molecule has 0 radical (unpaired) electrons. The zero-order chi connectivity index (χ0) is 10.1. The first-order chi connectivity index (χ1) is 6.68. The summed E-state index contributed by atoms with van der Waals surface area (Å²) in [6, 6.07) is 6.14. The van der Waals surface area contributed by atoms with Crippen molar-refractivity contribution >= 4 is 16.6 Å². The zero-order valence-electron chi connectivity index (χ0n) is 7.04. The summed E-state index contributed by atoms with van der Waals surface area (Å²) < 4.78 is 0. The molecule has 0 saturated heterocycles. The number of pyridine rings is 1. The zero-order valence-corrected chi connectivity index (χ0v) is 7.04. The maximum absolute atomic E-state index is 10.4. The number of fused-ring (bicyclic) bond motifs is 1. The predicted octanol–water partition coefficient (Wildman–Crippen LogP) is 1.85. The van der Waals surface area contributed by atoms with Gasteiger partial charge in [-0.05, 0) is 6.07 Å². The Balaban J connectivity index is 2.73. The molecule has 0 fully saturated rings. The lowest BCUT2D eigenvalue weighted by molar-refractivity contribution is -0.385. The summed E-state index contributed by atoms with van der Waals surface area (Å²) in [7, 11) is 0. The number of nitro groups is 1. The largest absolute Gasteiger partial charge is 0.506 e. The molecular formula is C9H6N2O3. The number of phenolic OH excluding ortho intramolecular Hbond substituents is 1. The maximum Gasteiger partial charge on any atom is 0.288 e. The molecule has 0 bridgehead atoms. The lowest BCUT2D eigenvalue weighted by atomic mass is 10.2. The minimum atomic E-state index is -0.517. The summed E-state index contributed by atoms with van der Waals surface area (Å²) in [5.74, 6) is 0.0254. The van der Waals surface area contributed by atoms with E-state index in [0.29, 0.717) is 10.9 Å². The number of para-hydroxylation sites is 1. The van der Waals surface area contributed by atoms with Crippen LogP contribution in [0.3, 0.4) is 0 Å². The standard InChI is InChI=1S/C9H6N2O3/c12-8-3-1-2-6-4-7(11(13)14)5-10-9(6)8/h1-5,12H. The van der Waals surface area contributed by atoms with Crippen molar-refractivity contribution in [1.29, 1.82) is 0 Å². The number of aromatic hydroxyl groups is 1. The summed E-state index contributed by atoms with van der Waals surface area (Å²) in [4.78, 5) is 13.7. The first-order valence-electron chi connectivity index (χ1n) is 3.90. The van der Waals surface area contributed by atoms with Crippen LogP contribution in [0.25, 0.3) is 10.9 Å². The maximum atomic E-state index is 10.4. The second-order valence-electron chi connectivity index (χ2n) is 2.80. The van der Waals surface area contributed by atoms with Crippen molar-refractivity contribution in [3.8, 4) is 5.75 Å². The molecule has 0 saturated carbocycles. The second kappa shape index (κ2) is 2.95. The Labute approximate surface area is 78.8 Å². The van der Waals surface area contributed by atoms with Crippen LogP contribution >= 0.6 is 0 Å². The number of rotatable bonds is 1. The number of nitrogens with zero attached hydrogens (tertiary/aromatic N) is 2. The Kier molecular flexibility index (Phi) is 1.78. The first-order valence-corrected chi connectivity index (χ1v) is 3.90. The molecule has 1 heterocycles. The topological polar surface area (TPSA) is 76.3 Å². The fourth-order valence-corrected chi connectivity index (χ4v) is 1.23. The van der Waals surface area contributed by atoms with Gasteiger partial charge in [-0.3, -0.25) is 10.1 Å². The molecule has 1 aromatic heterocycles. The van der Waals surface area contributed by atoms with Crippen LogP contribution in [0.15, 0.2) is 30.5 Å². The van der Waals surface area contributed by atoms with Crippen molar-refractivity contribution in [3.05, 3.63) is 40.6 Å². The van der Waals surface area contributed by atoms with E-state index in [2.05, 4.69) is 4.98 Å². The van der Waals surface area contributed by atoms with Crippen molar-refractivity contribution in [2.24, 2.45) is 0 Å². The van der Waals surface area contributed by atoms with E-state index in [4.69, 9.17) is 0 Å². The normalized spacial score (nSPS) is 10.3. The Hall–Kier alpha value is -2.17. The van der Waals surface area contributed by atoms with Gasteiger partial charge < -0.3 is 5.11 Å². The molecule has 0 aliphatic rings. The van der Waals surface area contributed by atoms with Crippen molar-refractivity contribution < 1.29 is 10.0 Å². The minimum Gasteiger partial charge on any atom is -0.506 e. The van der Waals surface area contributed by atoms with Crippen LogP contribution in [-0.2, 0) is 0 Å². The van der Waals surface area contributed by atoms with Gasteiger partial charge in [-0.15, -0.1) is 0 Å². The number of hydrogen-bond acceptors (Lipinski definition) is 4. The van der Waals surface area contributed by atoms with Gasteiger partial charge in [0.2, 0.25) is 0 Å². The Morgan fingerprint density at radius 3 is 2.93 bits per heavy atom. The van der Waals surface area contributed by atoms with Gasteiger partial charge in [0, 0.05) is 11.5 Å². The van der Waals surface area contributed by atoms with Gasteiger partial charge in [0.1, 0.15) is 17.5 Å². The van der Waals surface area contributed by atoms with Gasteiger partial charge in [-0.2, -0.15) is 0 Å². The van der Waals surface area contributed by atoms with Crippen LogP contribution < -0.4 is 0 Å². The fraction of sp³-hybridized carbons (Fsp3) is 0. The second-order valence-corrected chi connectivity index (χ2v) is 2.80. The van der Waals surface area contributed by atoms with E-state index in [1.807, 2.05) is 0 Å². The molecule has 14 heavy (non-hydrogen) atoms. The minimum absolute atomic E-state index is 0.0254. The SMILES string of the molecule is O=[N+]([O-])c1cnc2c(O)cccc2c1. The van der Waals surface area contributed by atoms with Crippen LogP contribution in [0.4, 0.5) is 5.69 Å². The van der Waals surface area contributed by atoms with Gasteiger partial charge in [-0.1, -0.05) is 12.1 Å². The van der Waals surface area contributed by atoms with E-state index in [1.54, 1.807) is 12.1 Å². The first kappa shape index (κ1) is 8.43. The molecule has 0 unspecified atom stereocenters. The van der Waals surface area contributed by atoms with E-state index >= 15 is 0 Å². The number of phenols is 1. The van der Waals surface area contributed by atoms with Gasteiger partial charge in [0.05, 0.1) is 4.92 Å². The summed E-state index contributed by atoms with van der Waals surface area (Å²) in [5.41, 5.74) is 0.293. The third-order valence-electron chi connectivity index (χ3n) is 1.89. The Bertz CT molecular complexity index is 510. The van der Waals surface area contributed by atoms with E-state index in [1.165, 1.54) is 12.1 Å². The third kappa shape index (κ3) is 1.24. The average Bonchev–Trinajstić information content (AvgIpc) is 2.17. The molecule has 0 aliphatic carbocycles. The highest BCUT2D eigenvalue weighted by Gasteiger charge is 2.08. The van der Waals surface area contributed by atoms with Gasteiger partial charge in [0.15, 0.2) is 0 Å². The van der Waals surface area contributed by atoms with E-state index < -0.39 is 4.92 Å². The number of hydrogen-bond donors (Lipinski definition) is 1. The van der Waals surface area contributed by atoms with Crippen LogP contribution in [-0.4, -0.2) is 15.0 Å². The van der Waals surface area contributed by atoms with Crippen LogP contribution in [0.2, 0.25) is 0 Å². The summed E-state index contributed by atoms with van der Waals surface area (Å²) >= 11 is 0. The quantitative estimate of drug-likeness (QED) is 0.549. The van der Waals surface area contributed by atoms with Gasteiger partial charge in [-0.25, -0.2) is 4.98 Å². The predicted molar refractivity (Wildman–Crippen MR) is 50.1 cm³/mol. The molecular weight excluding hydrogens is 184 g/mol. The van der Waals surface area contributed by atoms with Gasteiger partial charge in [0.25, 0.3) is 5.69 Å². The van der Waals surface area contributed by atoms with E-state index in [0.717, 1.165) is 6.20 Å². The molecule has 2 rings (SSSR count). The van der Waals surface area contributed by atoms with Crippen molar-refractivity contribution in [2.45, 2.75) is 0 Å². The Morgan fingerprint density at radius 1 is 1.43 bits per heavy atom. The van der Waals surface area contributed by atoms with E-state index in [-0.39, 0.29) is 11.4 Å². The van der Waals surface area contributed by atoms with Crippen LogP contribution in [0, 0.1) is 10.1 Å². The molecule has 0 spiro atoms. The van der Waals surface area contributed by atoms with Crippen molar-refractivity contribution in [2.75, 3.05) is 0 Å². The molecule has 1 aromatic carbocycles. The molecule has 70 valence electrons. The molecule has 5 heteroatoms. The molecule has 5 nitrogen and oxygen atoms in total. The Morgan fingerprint density at radius 2 is 2.21 bits per heavy atom. The number of aromatic nitrogens is 1. The van der Waals surface area contributed by atoms with Crippen molar-refractivity contribution in [1.82, 2.24) is 4.98 Å². The molecule has 0 aliphatic heterocycles. The van der Waals surface area contributed by atoms with Crippen LogP contribution in [0.5, 0.6) is 5.75 Å². The highest BCUT2D eigenvalue weighted by molar-refractivity contribution is 5.85. The lowest BCUT2D eigenvalue weighted by Crippen LogP contribution is -1.89. The van der Waals surface area contributed by atoms with E-state index in [9.17, 15) is 15.2 Å². The molecule has 0 amide bonds. The third-order valence-corrected chi connectivity index (χ3v) is 1.89. The monoisotopic (exact) mass is 190 g/mol. The molecule has 2 aromatic rings. The number of benzene rings is 1. The summed E-state index contributed by atoms with van der Waals surface area (Å²) in [6.45, 7) is 0. The highest BCUT2D eigenvalue weighted by atomic mass is 16.6. The van der Waals surface area contributed by atoms with Gasteiger partial charge >= 0.3 is 0 Å². The summed E-state index contributed by atoms with van der Waals surface area (Å²) in [5, 5.41) is 20.4.